The first kappa shape index (κ1) is 13.8. The van der Waals surface area contributed by atoms with E-state index in [-0.39, 0.29) is 34.4 Å². The van der Waals surface area contributed by atoms with E-state index < -0.39 is 4.92 Å². The summed E-state index contributed by atoms with van der Waals surface area (Å²) >= 11 is 0. The van der Waals surface area contributed by atoms with Crippen molar-refractivity contribution < 1.29 is 19.6 Å². The van der Waals surface area contributed by atoms with Gasteiger partial charge in [0.15, 0.2) is 0 Å². The van der Waals surface area contributed by atoms with Crippen LogP contribution in [0.1, 0.15) is 19.3 Å². The van der Waals surface area contributed by atoms with Gasteiger partial charge in [-0.3, -0.25) is 14.9 Å². The lowest BCUT2D eigenvalue weighted by molar-refractivity contribution is -0.384. The summed E-state index contributed by atoms with van der Waals surface area (Å²) in [5.74, 6) is -0.455. The van der Waals surface area contributed by atoms with Gasteiger partial charge >= 0.3 is 0 Å². The summed E-state index contributed by atoms with van der Waals surface area (Å²) in [5, 5.41) is 23.1. The van der Waals surface area contributed by atoms with Crippen LogP contribution in [0.5, 0.6) is 5.75 Å². The standard InChI is InChI=1S/C14H16N2O5/c17-12-2-1-9(16(19)20)7-11(12)15-13(18)10-8-14(10)3-5-21-6-4-14/h1-2,7,10,17H,3-6,8H2,(H,15,18). The number of amides is 1. The van der Waals surface area contributed by atoms with E-state index in [1.807, 2.05) is 0 Å². The maximum atomic E-state index is 12.2. The van der Waals surface area contributed by atoms with Gasteiger partial charge in [-0.05, 0) is 30.7 Å². The number of anilines is 1. The Labute approximate surface area is 121 Å². The Morgan fingerprint density at radius 2 is 2.14 bits per heavy atom. The number of phenols is 1. The van der Waals surface area contributed by atoms with E-state index >= 15 is 0 Å². The molecule has 1 amide bonds. The molecule has 112 valence electrons. The number of nitrogens with one attached hydrogen (secondary N) is 1. The molecule has 1 aromatic rings. The second-order valence-corrected chi connectivity index (χ2v) is 5.68. The molecule has 7 heteroatoms. The Balaban J connectivity index is 1.71. The van der Waals surface area contributed by atoms with Crippen molar-refractivity contribution in [1.82, 2.24) is 0 Å². The van der Waals surface area contributed by atoms with E-state index in [1.54, 1.807) is 0 Å². The van der Waals surface area contributed by atoms with E-state index in [0.29, 0.717) is 13.2 Å². The van der Waals surface area contributed by atoms with Crippen molar-refractivity contribution in [3.05, 3.63) is 28.3 Å². The zero-order valence-electron chi connectivity index (χ0n) is 11.4. The maximum absolute atomic E-state index is 12.2. The third kappa shape index (κ3) is 2.56. The Morgan fingerprint density at radius 3 is 2.81 bits per heavy atom. The van der Waals surface area contributed by atoms with Crippen LogP contribution >= 0.6 is 0 Å². The normalized spacial score (nSPS) is 22.8. The van der Waals surface area contributed by atoms with Crippen LogP contribution < -0.4 is 5.32 Å². The molecular formula is C14H16N2O5. The van der Waals surface area contributed by atoms with Crippen LogP contribution in [0.2, 0.25) is 0 Å². The lowest BCUT2D eigenvalue weighted by atomic mass is 9.93. The monoisotopic (exact) mass is 292 g/mol. The summed E-state index contributed by atoms with van der Waals surface area (Å²) in [5.41, 5.74) is -0.0541. The summed E-state index contributed by atoms with van der Waals surface area (Å²) in [4.78, 5) is 22.4. The third-order valence-corrected chi connectivity index (χ3v) is 4.44. The van der Waals surface area contributed by atoms with E-state index in [2.05, 4.69) is 5.32 Å². The summed E-state index contributed by atoms with van der Waals surface area (Å²) in [6.07, 6.45) is 2.55. The molecular weight excluding hydrogens is 276 g/mol. The summed E-state index contributed by atoms with van der Waals surface area (Å²) in [7, 11) is 0. The molecule has 1 saturated carbocycles. The molecule has 1 unspecified atom stereocenters. The molecule has 2 aliphatic rings. The number of nitro benzene ring substituents is 1. The number of carbonyl (C=O) groups excluding carboxylic acids is 1. The van der Waals surface area contributed by atoms with Crippen LogP contribution in [0.25, 0.3) is 0 Å². The first-order valence-corrected chi connectivity index (χ1v) is 6.88. The van der Waals surface area contributed by atoms with Crippen molar-refractivity contribution in [2.75, 3.05) is 18.5 Å². The molecule has 1 heterocycles. The lowest BCUT2D eigenvalue weighted by Gasteiger charge is -2.22. The largest absolute Gasteiger partial charge is 0.506 e. The maximum Gasteiger partial charge on any atom is 0.271 e. The number of hydrogen-bond acceptors (Lipinski definition) is 5. The van der Waals surface area contributed by atoms with Crippen molar-refractivity contribution in [1.29, 1.82) is 0 Å². The van der Waals surface area contributed by atoms with Gasteiger partial charge in [0.2, 0.25) is 5.91 Å². The first-order chi connectivity index (χ1) is 10.0. The average molecular weight is 292 g/mol. The molecule has 1 spiro atoms. The molecule has 1 aliphatic carbocycles. The SMILES string of the molecule is O=C(Nc1cc([N+](=O)[O-])ccc1O)C1CC12CCOCC2. The third-order valence-electron chi connectivity index (χ3n) is 4.44. The number of hydrogen-bond donors (Lipinski definition) is 2. The minimum absolute atomic E-state index is 0.0265. The number of nitrogens with zero attached hydrogens (tertiary/aromatic N) is 1. The second kappa shape index (κ2) is 5.00. The molecule has 0 radical (unpaired) electrons. The number of ether oxygens (including phenoxy) is 1. The Bertz CT molecular complexity index is 595. The molecule has 1 atom stereocenters. The van der Waals surface area contributed by atoms with Gasteiger partial charge in [0, 0.05) is 31.3 Å². The van der Waals surface area contributed by atoms with E-state index in [1.165, 1.54) is 18.2 Å². The van der Waals surface area contributed by atoms with Gasteiger partial charge in [0.05, 0.1) is 10.6 Å². The molecule has 2 N–H and O–H groups in total. The first-order valence-electron chi connectivity index (χ1n) is 6.88. The quantitative estimate of drug-likeness (QED) is 0.504. The van der Waals surface area contributed by atoms with E-state index in [4.69, 9.17) is 4.74 Å². The van der Waals surface area contributed by atoms with Crippen molar-refractivity contribution in [2.24, 2.45) is 11.3 Å². The topological polar surface area (TPSA) is 102 Å². The number of benzene rings is 1. The predicted molar refractivity (Wildman–Crippen MR) is 74.0 cm³/mol. The highest BCUT2D eigenvalue weighted by atomic mass is 16.6. The number of phenolic OH excluding ortho intramolecular Hbond substituents is 1. The second-order valence-electron chi connectivity index (χ2n) is 5.68. The molecule has 7 nitrogen and oxygen atoms in total. The van der Waals surface area contributed by atoms with Crippen LogP contribution in [0.15, 0.2) is 18.2 Å². The minimum atomic E-state index is -0.563. The average Bonchev–Trinajstić information content (AvgIpc) is 3.15. The van der Waals surface area contributed by atoms with Gasteiger partial charge in [-0.1, -0.05) is 0 Å². The minimum Gasteiger partial charge on any atom is -0.506 e. The van der Waals surface area contributed by atoms with Gasteiger partial charge < -0.3 is 15.2 Å². The summed E-state index contributed by atoms with van der Waals surface area (Å²) in [6, 6.07) is 3.58. The fraction of sp³-hybridized carbons (Fsp3) is 0.500. The van der Waals surface area contributed by atoms with Crippen molar-refractivity contribution in [3.8, 4) is 5.75 Å². The number of non-ortho nitro benzene ring substituents is 1. The highest BCUT2D eigenvalue weighted by molar-refractivity contribution is 5.96. The van der Waals surface area contributed by atoms with Gasteiger partial charge in [-0.25, -0.2) is 0 Å². The van der Waals surface area contributed by atoms with Gasteiger partial charge in [0.25, 0.3) is 5.69 Å². The number of rotatable bonds is 3. The number of aromatic hydroxyl groups is 1. The van der Waals surface area contributed by atoms with E-state index in [0.717, 1.165) is 19.3 Å². The van der Waals surface area contributed by atoms with E-state index in [9.17, 15) is 20.0 Å². The van der Waals surface area contributed by atoms with Crippen LogP contribution in [0, 0.1) is 21.4 Å². The molecule has 2 fully saturated rings. The summed E-state index contributed by atoms with van der Waals surface area (Å²) < 4.78 is 5.31. The Hall–Kier alpha value is -2.15. The zero-order valence-corrected chi connectivity index (χ0v) is 11.4. The summed E-state index contributed by atoms with van der Waals surface area (Å²) in [6.45, 7) is 1.34. The van der Waals surface area contributed by atoms with Crippen molar-refractivity contribution in [3.63, 3.8) is 0 Å². The van der Waals surface area contributed by atoms with Crippen molar-refractivity contribution >= 4 is 17.3 Å². The zero-order chi connectivity index (χ0) is 15.0. The molecule has 1 aliphatic heterocycles. The van der Waals surface area contributed by atoms with Crippen LogP contribution in [-0.4, -0.2) is 29.2 Å². The molecule has 1 saturated heterocycles. The lowest BCUT2D eigenvalue weighted by Crippen LogP contribution is -2.24. The van der Waals surface area contributed by atoms with Crippen LogP contribution in [-0.2, 0) is 9.53 Å². The molecule has 3 rings (SSSR count). The van der Waals surface area contributed by atoms with Gasteiger partial charge in [-0.2, -0.15) is 0 Å². The van der Waals surface area contributed by atoms with Crippen molar-refractivity contribution in [2.45, 2.75) is 19.3 Å². The smallest absolute Gasteiger partial charge is 0.271 e. The highest BCUT2D eigenvalue weighted by Gasteiger charge is 2.58. The van der Waals surface area contributed by atoms with Crippen LogP contribution in [0.4, 0.5) is 11.4 Å². The van der Waals surface area contributed by atoms with Gasteiger partial charge in [-0.15, -0.1) is 0 Å². The highest BCUT2D eigenvalue weighted by Crippen LogP contribution is 2.59. The number of carbonyl (C=O) groups is 1. The fourth-order valence-electron chi connectivity index (χ4n) is 3.01. The predicted octanol–water partition coefficient (Wildman–Crippen LogP) is 2.06. The molecule has 0 bridgehead atoms. The fourth-order valence-corrected chi connectivity index (χ4v) is 3.01. The van der Waals surface area contributed by atoms with Gasteiger partial charge in [0.1, 0.15) is 5.75 Å². The number of nitro groups is 1. The van der Waals surface area contributed by atoms with Crippen LogP contribution in [0.3, 0.4) is 0 Å². The molecule has 0 aromatic heterocycles. The molecule has 21 heavy (non-hydrogen) atoms. The Morgan fingerprint density at radius 1 is 1.43 bits per heavy atom. The molecule has 1 aromatic carbocycles. The Kier molecular flexibility index (Phi) is 3.29.